The highest BCUT2D eigenvalue weighted by Crippen LogP contribution is 2.30. The van der Waals surface area contributed by atoms with Crippen molar-refractivity contribution < 1.29 is 9.84 Å². The molecular weight excluding hydrogens is 188 g/mol. The normalized spacial score (nSPS) is 19.9. The molecule has 1 aromatic rings. The Morgan fingerprint density at radius 3 is 2.60 bits per heavy atom. The zero-order valence-corrected chi connectivity index (χ0v) is 9.10. The summed E-state index contributed by atoms with van der Waals surface area (Å²) in [7, 11) is 0. The fourth-order valence-electron chi connectivity index (χ4n) is 1.58. The highest BCUT2D eigenvalue weighted by Gasteiger charge is 2.24. The van der Waals surface area contributed by atoms with Crippen LogP contribution in [0.5, 0.6) is 0 Å². The predicted molar refractivity (Wildman–Crippen MR) is 59.5 cm³/mol. The van der Waals surface area contributed by atoms with Crippen LogP contribution < -0.4 is 0 Å². The molecule has 0 heterocycles. The van der Waals surface area contributed by atoms with Crippen LogP contribution in [0.3, 0.4) is 0 Å². The molecular formula is C13H18O2. The van der Waals surface area contributed by atoms with E-state index < -0.39 is 6.10 Å². The van der Waals surface area contributed by atoms with E-state index in [0.717, 1.165) is 18.1 Å². The summed E-state index contributed by atoms with van der Waals surface area (Å²) in [5.74, 6) is 0.746. The van der Waals surface area contributed by atoms with Gasteiger partial charge in [-0.15, -0.1) is 0 Å². The maximum absolute atomic E-state index is 10.00. The fourth-order valence-corrected chi connectivity index (χ4v) is 1.58. The second-order valence-electron chi connectivity index (χ2n) is 4.34. The summed E-state index contributed by atoms with van der Waals surface area (Å²) in [6, 6.07) is 9.69. The van der Waals surface area contributed by atoms with Gasteiger partial charge in [0.15, 0.2) is 0 Å². The molecule has 1 fully saturated rings. The molecule has 2 atom stereocenters. The summed E-state index contributed by atoms with van der Waals surface area (Å²) in [6.45, 7) is 2.73. The van der Waals surface area contributed by atoms with Crippen LogP contribution in [-0.4, -0.2) is 17.8 Å². The maximum Gasteiger partial charge on any atom is 0.105 e. The first-order chi connectivity index (χ1) is 7.27. The van der Waals surface area contributed by atoms with Crippen LogP contribution in [0.15, 0.2) is 30.3 Å². The maximum atomic E-state index is 10.00. The van der Waals surface area contributed by atoms with Crippen LogP contribution in [0.4, 0.5) is 0 Å². The minimum absolute atomic E-state index is 0.118. The van der Waals surface area contributed by atoms with Gasteiger partial charge in [-0.25, -0.2) is 0 Å². The van der Waals surface area contributed by atoms with Gasteiger partial charge in [-0.2, -0.15) is 0 Å². The Labute approximate surface area is 90.9 Å². The summed E-state index contributed by atoms with van der Waals surface area (Å²) in [4.78, 5) is 0. The van der Waals surface area contributed by atoms with Crippen LogP contribution in [0.25, 0.3) is 0 Å². The van der Waals surface area contributed by atoms with Gasteiger partial charge in [0, 0.05) is 6.61 Å². The van der Waals surface area contributed by atoms with Crippen LogP contribution >= 0.6 is 0 Å². The van der Waals surface area contributed by atoms with Crippen LogP contribution in [0.2, 0.25) is 0 Å². The fraction of sp³-hybridized carbons (Fsp3) is 0.538. The lowest BCUT2D eigenvalue weighted by atomic mass is 10.1. The highest BCUT2D eigenvalue weighted by molar-refractivity contribution is 5.18. The van der Waals surface area contributed by atoms with Gasteiger partial charge in [0.25, 0.3) is 0 Å². The van der Waals surface area contributed by atoms with Gasteiger partial charge in [-0.3, -0.25) is 0 Å². The first-order valence-electron chi connectivity index (χ1n) is 5.62. The summed E-state index contributed by atoms with van der Waals surface area (Å²) in [6.07, 6.45) is 1.94. The lowest BCUT2D eigenvalue weighted by molar-refractivity contribution is -0.0318. The topological polar surface area (TPSA) is 29.5 Å². The monoisotopic (exact) mass is 206 g/mol. The van der Waals surface area contributed by atoms with Crippen molar-refractivity contribution in [2.45, 2.75) is 32.0 Å². The second kappa shape index (κ2) is 4.77. The first-order valence-corrected chi connectivity index (χ1v) is 5.62. The third-order valence-electron chi connectivity index (χ3n) is 2.88. The minimum atomic E-state index is -0.509. The Bertz CT molecular complexity index is 293. The lowest BCUT2D eigenvalue weighted by Crippen LogP contribution is -2.19. The van der Waals surface area contributed by atoms with E-state index in [1.54, 1.807) is 0 Å². The first kappa shape index (κ1) is 10.7. The Morgan fingerprint density at radius 2 is 2.00 bits per heavy atom. The Morgan fingerprint density at radius 1 is 1.33 bits per heavy atom. The van der Waals surface area contributed by atoms with Crippen molar-refractivity contribution in [3.05, 3.63) is 35.9 Å². The van der Waals surface area contributed by atoms with Crippen LogP contribution in [0, 0.1) is 5.92 Å². The summed E-state index contributed by atoms with van der Waals surface area (Å²) in [5.41, 5.74) is 0.931. The van der Waals surface area contributed by atoms with E-state index in [9.17, 15) is 5.11 Å². The van der Waals surface area contributed by atoms with E-state index in [2.05, 4.69) is 0 Å². The van der Waals surface area contributed by atoms with Crippen LogP contribution in [0.1, 0.15) is 31.4 Å². The molecule has 15 heavy (non-hydrogen) atoms. The van der Waals surface area contributed by atoms with Crippen molar-refractivity contribution in [1.82, 2.24) is 0 Å². The Balaban J connectivity index is 1.85. The molecule has 1 aliphatic carbocycles. The molecule has 0 amide bonds. The average molecular weight is 206 g/mol. The molecule has 0 bridgehead atoms. The van der Waals surface area contributed by atoms with Crippen molar-refractivity contribution in [2.75, 3.05) is 6.61 Å². The molecule has 0 saturated heterocycles. The van der Waals surface area contributed by atoms with E-state index in [1.807, 2.05) is 37.3 Å². The van der Waals surface area contributed by atoms with E-state index in [1.165, 1.54) is 12.8 Å². The predicted octanol–water partition coefficient (Wildman–Crippen LogP) is 2.54. The van der Waals surface area contributed by atoms with Gasteiger partial charge < -0.3 is 9.84 Å². The zero-order valence-electron chi connectivity index (χ0n) is 9.10. The quantitative estimate of drug-likeness (QED) is 0.802. The van der Waals surface area contributed by atoms with E-state index in [4.69, 9.17) is 4.74 Å². The third kappa shape index (κ3) is 3.05. The number of rotatable bonds is 5. The van der Waals surface area contributed by atoms with Gasteiger partial charge in [-0.1, -0.05) is 30.3 Å². The molecule has 1 N–H and O–H groups in total. The summed E-state index contributed by atoms with van der Waals surface area (Å²) < 4.78 is 5.63. The van der Waals surface area contributed by atoms with E-state index in [-0.39, 0.29) is 6.10 Å². The molecule has 2 nitrogen and oxygen atoms in total. The molecule has 1 aliphatic rings. The van der Waals surface area contributed by atoms with Crippen molar-refractivity contribution in [3.63, 3.8) is 0 Å². The molecule has 1 saturated carbocycles. The Hall–Kier alpha value is -0.860. The molecule has 0 aliphatic heterocycles. The smallest absolute Gasteiger partial charge is 0.105 e. The number of benzene rings is 1. The van der Waals surface area contributed by atoms with Crippen molar-refractivity contribution in [2.24, 2.45) is 5.92 Å². The molecule has 0 radical (unpaired) electrons. The molecule has 0 aromatic heterocycles. The number of aliphatic hydroxyl groups is 1. The minimum Gasteiger partial charge on any atom is -0.386 e. The lowest BCUT2D eigenvalue weighted by Gasteiger charge is -2.19. The van der Waals surface area contributed by atoms with Gasteiger partial charge in [0.05, 0.1) is 6.10 Å². The molecule has 2 rings (SSSR count). The molecule has 82 valence electrons. The molecule has 0 spiro atoms. The number of hydrogen-bond acceptors (Lipinski definition) is 2. The number of aliphatic hydroxyl groups excluding tert-OH is 1. The SMILES string of the molecule is CC(OCC1CC1)C(O)c1ccccc1. The van der Waals surface area contributed by atoms with Crippen molar-refractivity contribution >= 4 is 0 Å². The number of ether oxygens (including phenoxy) is 1. The van der Waals surface area contributed by atoms with Gasteiger partial charge in [-0.05, 0) is 31.2 Å². The van der Waals surface area contributed by atoms with Crippen molar-refractivity contribution in [1.29, 1.82) is 0 Å². The highest BCUT2D eigenvalue weighted by atomic mass is 16.5. The zero-order chi connectivity index (χ0) is 10.7. The van der Waals surface area contributed by atoms with Gasteiger partial charge >= 0.3 is 0 Å². The van der Waals surface area contributed by atoms with Crippen molar-refractivity contribution in [3.8, 4) is 0 Å². The average Bonchev–Trinajstić information content (AvgIpc) is 3.10. The molecule has 1 aromatic carbocycles. The second-order valence-corrected chi connectivity index (χ2v) is 4.34. The largest absolute Gasteiger partial charge is 0.386 e. The summed E-state index contributed by atoms with van der Waals surface area (Å²) >= 11 is 0. The van der Waals surface area contributed by atoms with E-state index >= 15 is 0 Å². The molecule has 2 heteroatoms. The molecule has 2 unspecified atom stereocenters. The third-order valence-corrected chi connectivity index (χ3v) is 2.88. The van der Waals surface area contributed by atoms with Gasteiger partial charge in [0.2, 0.25) is 0 Å². The number of hydrogen-bond donors (Lipinski definition) is 1. The summed E-state index contributed by atoms with van der Waals surface area (Å²) in [5, 5.41) is 10.00. The standard InChI is InChI=1S/C13H18O2/c1-10(15-9-11-7-8-11)13(14)12-5-3-2-4-6-12/h2-6,10-11,13-14H,7-9H2,1H3. The van der Waals surface area contributed by atoms with Gasteiger partial charge in [0.1, 0.15) is 6.10 Å². The Kier molecular flexibility index (Phi) is 3.39. The van der Waals surface area contributed by atoms with Crippen LogP contribution in [-0.2, 0) is 4.74 Å². The van der Waals surface area contributed by atoms with E-state index in [0.29, 0.717) is 0 Å².